The van der Waals surface area contributed by atoms with Crippen LogP contribution >= 0.6 is 0 Å². The average Bonchev–Trinajstić information content (AvgIpc) is 2.88. The number of hydrogen-bond donors (Lipinski definition) is 2. The van der Waals surface area contributed by atoms with Crippen molar-refractivity contribution >= 4 is 17.8 Å². The number of carbonyl (C=O) groups excluding carboxylic acids is 3. The minimum atomic E-state index is -1.08. The molecule has 0 heterocycles. The summed E-state index contributed by atoms with van der Waals surface area (Å²) in [6.45, 7) is 4.59. The number of carbonyl (C=O) groups is 3. The predicted octanol–water partition coefficient (Wildman–Crippen LogP) is 7.17. The Kier molecular flexibility index (Phi) is 25.8. The van der Waals surface area contributed by atoms with E-state index in [9.17, 15) is 19.5 Å². The van der Waals surface area contributed by atoms with Crippen LogP contribution in [0.5, 0.6) is 0 Å². The van der Waals surface area contributed by atoms with Gasteiger partial charge in [0, 0.05) is 13.3 Å². The Morgan fingerprint density at radius 1 is 0.632 bits per heavy atom. The number of amides is 1. The fraction of sp³-hybridized carbons (Fsp3) is 0.903. The molecule has 0 radical (unpaired) electrons. The second-order valence-corrected chi connectivity index (χ2v) is 10.9. The van der Waals surface area contributed by atoms with Crippen LogP contribution in [0, 0.1) is 0 Å². The minimum Gasteiger partial charge on any atom is -0.463 e. The van der Waals surface area contributed by atoms with Gasteiger partial charge in [-0.25, -0.2) is 4.79 Å². The van der Waals surface area contributed by atoms with Gasteiger partial charge in [0.05, 0.1) is 0 Å². The summed E-state index contributed by atoms with van der Waals surface area (Å²) in [6.07, 6.45) is 25.6. The second-order valence-electron chi connectivity index (χ2n) is 10.9. The lowest BCUT2D eigenvalue weighted by Crippen LogP contribution is -2.39. The van der Waals surface area contributed by atoms with E-state index in [0.29, 0.717) is 6.42 Å². The van der Waals surface area contributed by atoms with E-state index in [1.165, 1.54) is 123 Å². The first kappa shape index (κ1) is 36.4. The van der Waals surface area contributed by atoms with E-state index in [2.05, 4.69) is 12.2 Å². The Bertz CT molecular complexity index is 583. The number of aliphatic hydroxyl groups is 1. The van der Waals surface area contributed by atoms with Crippen LogP contribution in [0.4, 0.5) is 0 Å². The molecule has 224 valence electrons. The van der Waals surface area contributed by atoms with Gasteiger partial charge in [-0.1, -0.05) is 129 Å². The highest BCUT2D eigenvalue weighted by Gasteiger charge is 2.17. The molecule has 0 bridgehead atoms. The standard InChI is InChI=1S/C31H59NO6/c1-4-5-6-7-8-9-10-11-12-13-14-15-16-17-18-19-20-21-22-23-24-30(35)37-25-29(34)26-38-31(36)27(2)32-28(3)33/h27,29,34H,4-26H2,1-3H3,(H,32,33)/t27-,29?/m0/s1. The summed E-state index contributed by atoms with van der Waals surface area (Å²) in [4.78, 5) is 34.4. The molecular formula is C31H59NO6. The highest BCUT2D eigenvalue weighted by Crippen LogP contribution is 2.15. The lowest BCUT2D eigenvalue weighted by Gasteiger charge is -2.15. The first-order valence-electron chi connectivity index (χ1n) is 15.6. The zero-order chi connectivity index (χ0) is 28.3. The quantitative estimate of drug-likeness (QED) is 0.0844. The first-order chi connectivity index (χ1) is 18.4. The van der Waals surface area contributed by atoms with Crippen molar-refractivity contribution in [3.05, 3.63) is 0 Å². The van der Waals surface area contributed by atoms with E-state index in [0.717, 1.165) is 19.3 Å². The Hall–Kier alpha value is -1.63. The monoisotopic (exact) mass is 541 g/mol. The Balaban J connectivity index is 3.36. The molecule has 0 aliphatic heterocycles. The van der Waals surface area contributed by atoms with Gasteiger partial charge < -0.3 is 19.9 Å². The van der Waals surface area contributed by atoms with E-state index >= 15 is 0 Å². The van der Waals surface area contributed by atoms with Crippen molar-refractivity contribution in [2.24, 2.45) is 0 Å². The van der Waals surface area contributed by atoms with Crippen LogP contribution in [0.3, 0.4) is 0 Å². The molecule has 0 aromatic heterocycles. The summed E-state index contributed by atoms with van der Waals surface area (Å²) < 4.78 is 9.96. The Morgan fingerprint density at radius 2 is 1.00 bits per heavy atom. The van der Waals surface area contributed by atoms with Gasteiger partial charge in [-0.2, -0.15) is 0 Å². The molecule has 7 nitrogen and oxygen atoms in total. The van der Waals surface area contributed by atoms with Gasteiger partial charge in [-0.15, -0.1) is 0 Å². The molecular weight excluding hydrogens is 482 g/mol. The maximum atomic E-state index is 11.8. The van der Waals surface area contributed by atoms with E-state index in [-0.39, 0.29) is 25.1 Å². The second kappa shape index (κ2) is 27.0. The fourth-order valence-electron chi connectivity index (χ4n) is 4.50. The van der Waals surface area contributed by atoms with Gasteiger partial charge in [-0.3, -0.25) is 9.59 Å². The van der Waals surface area contributed by atoms with Crippen molar-refractivity contribution in [3.8, 4) is 0 Å². The number of hydrogen-bond acceptors (Lipinski definition) is 6. The fourth-order valence-corrected chi connectivity index (χ4v) is 4.50. The summed E-state index contributed by atoms with van der Waals surface area (Å²) in [6, 6.07) is -0.790. The van der Waals surface area contributed by atoms with Crippen LogP contribution in [0.25, 0.3) is 0 Å². The number of ether oxygens (including phenoxy) is 2. The van der Waals surface area contributed by atoms with E-state index in [4.69, 9.17) is 9.47 Å². The highest BCUT2D eigenvalue weighted by molar-refractivity contribution is 5.82. The van der Waals surface area contributed by atoms with Gasteiger partial charge in [0.1, 0.15) is 25.4 Å². The van der Waals surface area contributed by atoms with Crippen LogP contribution in [-0.2, 0) is 23.9 Å². The summed E-state index contributed by atoms with van der Waals surface area (Å²) in [5, 5.41) is 12.2. The third kappa shape index (κ3) is 26.0. The van der Waals surface area contributed by atoms with E-state index < -0.39 is 18.1 Å². The molecule has 0 fully saturated rings. The lowest BCUT2D eigenvalue weighted by atomic mass is 10.0. The summed E-state index contributed by atoms with van der Waals surface area (Å²) >= 11 is 0. The van der Waals surface area contributed by atoms with Crippen molar-refractivity contribution in [1.29, 1.82) is 0 Å². The van der Waals surface area contributed by atoms with Crippen molar-refractivity contribution in [2.75, 3.05) is 13.2 Å². The molecule has 0 aromatic carbocycles. The van der Waals surface area contributed by atoms with Gasteiger partial charge in [0.15, 0.2) is 0 Å². The summed E-state index contributed by atoms with van der Waals surface area (Å²) in [7, 11) is 0. The average molecular weight is 542 g/mol. The molecule has 0 aliphatic carbocycles. The third-order valence-corrected chi connectivity index (χ3v) is 6.86. The van der Waals surface area contributed by atoms with Crippen LogP contribution in [0.15, 0.2) is 0 Å². The molecule has 1 unspecified atom stereocenters. The molecule has 38 heavy (non-hydrogen) atoms. The number of aliphatic hydroxyl groups excluding tert-OH is 1. The highest BCUT2D eigenvalue weighted by atomic mass is 16.6. The van der Waals surface area contributed by atoms with E-state index in [1.54, 1.807) is 0 Å². The van der Waals surface area contributed by atoms with Crippen molar-refractivity contribution < 1.29 is 29.0 Å². The van der Waals surface area contributed by atoms with E-state index in [1.807, 2.05) is 0 Å². The van der Waals surface area contributed by atoms with Gasteiger partial charge in [0.2, 0.25) is 5.91 Å². The SMILES string of the molecule is CCCCCCCCCCCCCCCCCCCCCCC(=O)OCC(O)COC(=O)[C@H](C)NC(C)=O. The van der Waals surface area contributed by atoms with Crippen LogP contribution in [-0.4, -0.2) is 48.3 Å². The minimum absolute atomic E-state index is 0.209. The van der Waals surface area contributed by atoms with Crippen LogP contribution in [0.1, 0.15) is 156 Å². The third-order valence-electron chi connectivity index (χ3n) is 6.86. The molecule has 0 saturated carbocycles. The molecule has 1 amide bonds. The van der Waals surface area contributed by atoms with Gasteiger partial charge >= 0.3 is 11.9 Å². The molecule has 0 aromatic rings. The molecule has 7 heteroatoms. The number of unbranched alkanes of at least 4 members (excludes halogenated alkanes) is 19. The molecule has 0 rings (SSSR count). The maximum absolute atomic E-state index is 11.8. The predicted molar refractivity (Wildman–Crippen MR) is 154 cm³/mol. The molecule has 0 spiro atoms. The zero-order valence-corrected chi connectivity index (χ0v) is 24.9. The number of nitrogens with one attached hydrogen (secondary N) is 1. The Labute approximate surface area is 233 Å². The van der Waals surface area contributed by atoms with Crippen LogP contribution < -0.4 is 5.32 Å². The summed E-state index contributed by atoms with van der Waals surface area (Å²) in [5.41, 5.74) is 0. The molecule has 0 aliphatic rings. The van der Waals surface area contributed by atoms with Gasteiger partial charge in [0.25, 0.3) is 0 Å². The van der Waals surface area contributed by atoms with Crippen LogP contribution in [0.2, 0.25) is 0 Å². The smallest absolute Gasteiger partial charge is 0.328 e. The van der Waals surface area contributed by atoms with Crippen molar-refractivity contribution in [2.45, 2.75) is 168 Å². The number of esters is 2. The molecule has 2 N–H and O–H groups in total. The largest absolute Gasteiger partial charge is 0.463 e. The summed E-state index contributed by atoms with van der Waals surface area (Å²) in [5.74, 6) is -1.33. The van der Waals surface area contributed by atoms with Crippen molar-refractivity contribution in [1.82, 2.24) is 5.32 Å². The zero-order valence-electron chi connectivity index (χ0n) is 24.9. The first-order valence-corrected chi connectivity index (χ1v) is 15.6. The maximum Gasteiger partial charge on any atom is 0.328 e. The van der Waals surface area contributed by atoms with Gasteiger partial charge in [-0.05, 0) is 13.3 Å². The topological polar surface area (TPSA) is 102 Å². The van der Waals surface area contributed by atoms with Crippen molar-refractivity contribution in [3.63, 3.8) is 0 Å². The molecule has 2 atom stereocenters. The Morgan fingerprint density at radius 3 is 1.39 bits per heavy atom. The normalized spacial score (nSPS) is 12.6. The lowest BCUT2D eigenvalue weighted by molar-refractivity contribution is -0.154. The number of rotatable bonds is 27. The molecule has 0 saturated heterocycles.